The molecule has 0 aliphatic carbocycles. The molecule has 2 nitrogen and oxygen atoms in total. The first-order chi connectivity index (χ1) is 12.0. The molecule has 0 heterocycles. The van der Waals surface area contributed by atoms with Crippen LogP contribution in [0.5, 0.6) is 5.75 Å². The Labute approximate surface area is 157 Å². The van der Waals surface area contributed by atoms with E-state index in [1.165, 1.54) is 0 Å². The molecular formula is C21H20BrO2P. The second-order valence-corrected chi connectivity index (χ2v) is 9.52. The lowest BCUT2D eigenvalue weighted by molar-refractivity contribution is 0.414. The molecule has 3 aromatic rings. The van der Waals surface area contributed by atoms with Gasteiger partial charge in [-0.15, -0.1) is 0 Å². The minimum atomic E-state index is -3.02. The Kier molecular flexibility index (Phi) is 5.17. The van der Waals surface area contributed by atoms with Crippen LogP contribution in [0.2, 0.25) is 0 Å². The van der Waals surface area contributed by atoms with Gasteiger partial charge >= 0.3 is 0 Å². The normalized spacial score (nSPS) is 11.4. The van der Waals surface area contributed by atoms with E-state index in [2.05, 4.69) is 15.9 Å². The number of halogens is 1. The van der Waals surface area contributed by atoms with Gasteiger partial charge in [-0.05, 0) is 59.1 Å². The summed E-state index contributed by atoms with van der Waals surface area (Å²) >= 11 is 3.62. The predicted octanol–water partition coefficient (Wildman–Crippen LogP) is 4.71. The van der Waals surface area contributed by atoms with Crippen molar-refractivity contribution in [2.75, 3.05) is 7.11 Å². The maximum absolute atomic E-state index is 14.6. The van der Waals surface area contributed by atoms with Gasteiger partial charge in [-0.25, -0.2) is 0 Å². The molecule has 3 rings (SSSR count). The Morgan fingerprint density at radius 1 is 0.800 bits per heavy atom. The van der Waals surface area contributed by atoms with Crippen LogP contribution in [0, 0.1) is 13.8 Å². The Morgan fingerprint density at radius 2 is 1.32 bits per heavy atom. The van der Waals surface area contributed by atoms with Crippen LogP contribution in [-0.2, 0) is 4.57 Å². The van der Waals surface area contributed by atoms with E-state index in [-0.39, 0.29) is 0 Å². The van der Waals surface area contributed by atoms with Crippen molar-refractivity contribution < 1.29 is 9.30 Å². The summed E-state index contributed by atoms with van der Waals surface area (Å²) in [6.45, 7) is 4.02. The first-order valence-electron chi connectivity index (χ1n) is 8.05. The molecule has 0 saturated heterocycles. The number of hydrogen-bond acceptors (Lipinski definition) is 2. The molecule has 0 fully saturated rings. The molecule has 0 aliphatic rings. The Bertz CT molecular complexity index is 916. The molecule has 0 spiro atoms. The number of methoxy groups -OCH3 is 1. The van der Waals surface area contributed by atoms with Gasteiger partial charge in [0.25, 0.3) is 0 Å². The third-order valence-electron chi connectivity index (χ3n) is 4.40. The van der Waals surface area contributed by atoms with Crippen molar-refractivity contribution >= 4 is 39.0 Å². The second kappa shape index (κ2) is 7.19. The summed E-state index contributed by atoms with van der Waals surface area (Å²) < 4.78 is 20.7. The molecule has 4 heteroatoms. The highest BCUT2D eigenvalue weighted by molar-refractivity contribution is 9.10. The van der Waals surface area contributed by atoms with Crippen molar-refractivity contribution in [3.63, 3.8) is 0 Å². The van der Waals surface area contributed by atoms with Crippen molar-refractivity contribution in [2.24, 2.45) is 0 Å². The Morgan fingerprint density at radius 3 is 1.76 bits per heavy atom. The number of aryl methyl sites for hydroxylation is 2. The summed E-state index contributed by atoms with van der Waals surface area (Å²) in [5.41, 5.74) is 2.05. The highest BCUT2D eigenvalue weighted by Crippen LogP contribution is 2.46. The van der Waals surface area contributed by atoms with Crippen molar-refractivity contribution in [1.82, 2.24) is 0 Å². The number of hydrogen-bond donors (Lipinski definition) is 0. The van der Waals surface area contributed by atoms with E-state index in [0.717, 1.165) is 37.3 Å². The summed E-state index contributed by atoms with van der Waals surface area (Å²) in [6.07, 6.45) is 0. The molecular weight excluding hydrogens is 395 g/mol. The van der Waals surface area contributed by atoms with Crippen LogP contribution < -0.4 is 20.7 Å². The number of ether oxygens (including phenoxy) is 1. The third-order valence-corrected chi connectivity index (χ3v) is 8.80. The molecule has 3 aromatic carbocycles. The van der Waals surface area contributed by atoms with Gasteiger partial charge in [-0.2, -0.15) is 0 Å². The van der Waals surface area contributed by atoms with Crippen LogP contribution in [0.15, 0.2) is 71.2 Å². The van der Waals surface area contributed by atoms with Crippen molar-refractivity contribution in [3.05, 3.63) is 82.3 Å². The van der Waals surface area contributed by atoms with Crippen molar-refractivity contribution in [3.8, 4) is 5.75 Å². The molecule has 0 amide bonds. The standard InChI is InChI=1S/C21H20BrO2P/c1-15-8-4-6-10-19(15)25(23,20-11-7-5-9-16(20)2)21-13-12-17(24-3)14-18(21)22/h4-14H,1-3H3. The fraction of sp³-hybridized carbons (Fsp3) is 0.143. The average Bonchev–Trinajstić information content (AvgIpc) is 2.61. The molecule has 0 radical (unpaired) electrons. The largest absolute Gasteiger partial charge is 0.497 e. The fourth-order valence-corrected chi connectivity index (χ4v) is 7.36. The lowest BCUT2D eigenvalue weighted by Gasteiger charge is -2.24. The van der Waals surface area contributed by atoms with Gasteiger partial charge in [0, 0.05) is 20.4 Å². The maximum Gasteiger partial charge on any atom is 0.172 e. The zero-order valence-corrected chi connectivity index (χ0v) is 17.0. The number of benzene rings is 3. The lowest BCUT2D eigenvalue weighted by Crippen LogP contribution is -2.28. The minimum absolute atomic E-state index is 0.733. The zero-order chi connectivity index (χ0) is 18.0. The minimum Gasteiger partial charge on any atom is -0.497 e. The maximum atomic E-state index is 14.6. The molecule has 0 unspecified atom stereocenters. The highest BCUT2D eigenvalue weighted by Gasteiger charge is 2.34. The molecule has 0 aliphatic heterocycles. The van der Waals surface area contributed by atoms with E-state index in [0.29, 0.717) is 0 Å². The summed E-state index contributed by atoms with van der Waals surface area (Å²) in [7, 11) is -1.39. The summed E-state index contributed by atoms with van der Waals surface area (Å²) in [5.74, 6) is 0.733. The van der Waals surface area contributed by atoms with E-state index in [9.17, 15) is 4.57 Å². The summed E-state index contributed by atoms with van der Waals surface area (Å²) in [6, 6.07) is 21.5. The van der Waals surface area contributed by atoms with Crippen LogP contribution >= 0.6 is 23.1 Å². The van der Waals surface area contributed by atoms with E-state index in [1.807, 2.05) is 80.6 Å². The molecule has 0 atom stereocenters. The van der Waals surface area contributed by atoms with Gasteiger partial charge < -0.3 is 9.30 Å². The van der Waals surface area contributed by atoms with Crippen LogP contribution in [0.4, 0.5) is 0 Å². The van der Waals surface area contributed by atoms with E-state index >= 15 is 0 Å². The predicted molar refractivity (Wildman–Crippen MR) is 110 cm³/mol. The first-order valence-corrected chi connectivity index (χ1v) is 10.5. The third kappa shape index (κ3) is 3.19. The van der Waals surface area contributed by atoms with Crippen molar-refractivity contribution in [2.45, 2.75) is 13.8 Å². The first kappa shape index (κ1) is 18.0. The van der Waals surface area contributed by atoms with Crippen LogP contribution in [-0.4, -0.2) is 7.11 Å². The molecule has 128 valence electrons. The quantitative estimate of drug-likeness (QED) is 0.577. The molecule has 0 bridgehead atoms. The topological polar surface area (TPSA) is 26.3 Å². The van der Waals surface area contributed by atoms with Gasteiger partial charge in [0.1, 0.15) is 5.75 Å². The molecule has 25 heavy (non-hydrogen) atoms. The van der Waals surface area contributed by atoms with E-state index in [1.54, 1.807) is 7.11 Å². The summed E-state index contributed by atoms with van der Waals surface area (Å²) in [4.78, 5) is 0. The van der Waals surface area contributed by atoms with Gasteiger partial charge in [-0.1, -0.05) is 48.5 Å². The monoisotopic (exact) mass is 414 g/mol. The van der Waals surface area contributed by atoms with Crippen LogP contribution in [0.25, 0.3) is 0 Å². The second-order valence-electron chi connectivity index (χ2n) is 6.00. The van der Waals surface area contributed by atoms with Gasteiger partial charge in [-0.3, -0.25) is 0 Å². The molecule has 0 saturated carbocycles. The highest BCUT2D eigenvalue weighted by atomic mass is 79.9. The fourth-order valence-electron chi connectivity index (χ4n) is 3.09. The smallest absolute Gasteiger partial charge is 0.172 e. The van der Waals surface area contributed by atoms with Crippen LogP contribution in [0.3, 0.4) is 0 Å². The van der Waals surface area contributed by atoms with Gasteiger partial charge in [0.2, 0.25) is 0 Å². The van der Waals surface area contributed by atoms with Gasteiger partial charge in [0.15, 0.2) is 7.14 Å². The van der Waals surface area contributed by atoms with Crippen molar-refractivity contribution in [1.29, 1.82) is 0 Å². The lowest BCUT2D eigenvalue weighted by atomic mass is 10.2. The SMILES string of the molecule is COc1ccc(P(=O)(c2ccccc2C)c2ccccc2C)c(Br)c1. The number of rotatable bonds is 4. The van der Waals surface area contributed by atoms with E-state index in [4.69, 9.17) is 4.74 Å². The average molecular weight is 415 g/mol. The Balaban J connectivity index is 2.37. The summed E-state index contributed by atoms with van der Waals surface area (Å²) in [5, 5.41) is 2.53. The van der Waals surface area contributed by atoms with E-state index < -0.39 is 7.14 Å². The molecule has 0 N–H and O–H groups in total. The molecule has 0 aromatic heterocycles. The van der Waals surface area contributed by atoms with Gasteiger partial charge in [0.05, 0.1) is 7.11 Å². The van der Waals surface area contributed by atoms with Crippen LogP contribution in [0.1, 0.15) is 11.1 Å². The zero-order valence-electron chi connectivity index (χ0n) is 14.5. The Hall–Kier alpha value is -1.83.